The van der Waals surface area contributed by atoms with Crippen LogP contribution in [0, 0.1) is 0 Å². The van der Waals surface area contributed by atoms with E-state index in [-0.39, 0.29) is 0 Å². The van der Waals surface area contributed by atoms with Gasteiger partial charge in [-0.2, -0.15) is 0 Å². The van der Waals surface area contributed by atoms with Gasteiger partial charge in [-0.1, -0.05) is 0 Å². The van der Waals surface area contributed by atoms with Crippen LogP contribution < -0.4 is 10.6 Å². The molecule has 3 nitrogen and oxygen atoms in total. The first-order valence-electron chi connectivity index (χ1n) is 2.44. The molecule has 1 aliphatic rings. The molecule has 0 fully saturated rings. The number of hydrogen-bond acceptors (Lipinski definition) is 4. The van der Waals surface area contributed by atoms with Crippen molar-refractivity contribution >= 4 is 18.1 Å². The molecule has 0 bridgehead atoms. The summed E-state index contributed by atoms with van der Waals surface area (Å²) in [6.45, 7) is 0.735. The largest absolute Gasteiger partial charge is 0.352 e. The lowest BCUT2D eigenvalue weighted by Gasteiger charge is -2.17. The summed E-state index contributed by atoms with van der Waals surface area (Å²) in [6.07, 6.45) is 3.78. The Balaban J connectivity index is 2.27. The van der Waals surface area contributed by atoms with Gasteiger partial charge in [-0.25, -0.2) is 0 Å². The van der Waals surface area contributed by atoms with Gasteiger partial charge in [-0.3, -0.25) is 10.3 Å². The third-order valence-electron chi connectivity index (χ3n) is 0.921. The summed E-state index contributed by atoms with van der Waals surface area (Å²) >= 11 is 1.73. The van der Waals surface area contributed by atoms with Crippen molar-refractivity contribution in [3.63, 3.8) is 0 Å². The van der Waals surface area contributed by atoms with E-state index in [9.17, 15) is 0 Å². The predicted molar refractivity (Wildman–Crippen MR) is 36.9 cm³/mol. The van der Waals surface area contributed by atoms with Gasteiger partial charge in [0.05, 0.1) is 13.0 Å². The minimum Gasteiger partial charge on any atom is -0.352 e. The zero-order chi connectivity index (χ0) is 5.82. The smallest absolute Gasteiger partial charge is 0.127 e. The van der Waals surface area contributed by atoms with Crippen molar-refractivity contribution in [1.29, 1.82) is 0 Å². The molecule has 0 saturated carbocycles. The molecular formula is C4H9N3S. The summed E-state index contributed by atoms with van der Waals surface area (Å²) in [5, 5.41) is 6.15. The van der Waals surface area contributed by atoms with Crippen LogP contribution in [0.3, 0.4) is 0 Å². The van der Waals surface area contributed by atoms with Crippen LogP contribution in [0.1, 0.15) is 0 Å². The van der Waals surface area contributed by atoms with Gasteiger partial charge in [0.2, 0.25) is 0 Å². The summed E-state index contributed by atoms with van der Waals surface area (Å²) in [5.41, 5.74) is 0.354. The highest BCUT2D eigenvalue weighted by Crippen LogP contribution is 1.98. The van der Waals surface area contributed by atoms with Crippen LogP contribution in [0.2, 0.25) is 0 Å². The molecule has 2 N–H and O–H groups in total. The molecule has 0 radical (unpaired) electrons. The number of hydrogen-bond donors (Lipinski definition) is 2. The minimum absolute atomic E-state index is 0.354. The van der Waals surface area contributed by atoms with Gasteiger partial charge >= 0.3 is 0 Å². The van der Waals surface area contributed by atoms with E-state index in [0.717, 1.165) is 6.67 Å². The zero-order valence-electron chi connectivity index (χ0n) is 4.72. The fourth-order valence-corrected chi connectivity index (χ4v) is 0.950. The molecule has 8 heavy (non-hydrogen) atoms. The van der Waals surface area contributed by atoms with E-state index in [4.69, 9.17) is 0 Å². The molecule has 1 unspecified atom stereocenters. The Hall–Kier alpha value is -0.220. The average molecular weight is 131 g/mol. The highest BCUT2D eigenvalue weighted by atomic mass is 32.2. The summed E-state index contributed by atoms with van der Waals surface area (Å²) in [6, 6.07) is 0. The quantitative estimate of drug-likeness (QED) is 0.518. The van der Waals surface area contributed by atoms with Crippen molar-refractivity contribution in [3.8, 4) is 0 Å². The monoisotopic (exact) mass is 131 g/mol. The van der Waals surface area contributed by atoms with E-state index in [1.807, 2.05) is 6.26 Å². The number of nitrogens with one attached hydrogen (secondary N) is 2. The fourth-order valence-electron chi connectivity index (χ4n) is 0.512. The third-order valence-corrected chi connectivity index (χ3v) is 1.70. The molecule has 0 aromatic heterocycles. The second-order valence-electron chi connectivity index (χ2n) is 1.46. The van der Waals surface area contributed by atoms with Gasteiger partial charge in [-0.05, 0) is 6.26 Å². The summed E-state index contributed by atoms with van der Waals surface area (Å²) in [4.78, 5) is 3.91. The summed E-state index contributed by atoms with van der Waals surface area (Å²) < 4.78 is 0. The molecule has 1 aliphatic heterocycles. The van der Waals surface area contributed by atoms with Gasteiger partial charge in [0.25, 0.3) is 0 Å². The second-order valence-corrected chi connectivity index (χ2v) is 2.40. The topological polar surface area (TPSA) is 36.4 Å². The first-order valence-corrected chi connectivity index (χ1v) is 3.73. The van der Waals surface area contributed by atoms with Crippen LogP contribution in [0.25, 0.3) is 0 Å². The molecule has 0 aromatic rings. The molecular weight excluding hydrogens is 122 g/mol. The van der Waals surface area contributed by atoms with Crippen LogP contribution in [0.15, 0.2) is 4.99 Å². The van der Waals surface area contributed by atoms with E-state index in [2.05, 4.69) is 15.6 Å². The summed E-state index contributed by atoms with van der Waals surface area (Å²) in [5.74, 6) is 0. The van der Waals surface area contributed by atoms with E-state index < -0.39 is 0 Å². The van der Waals surface area contributed by atoms with Crippen LogP contribution >= 0.6 is 11.8 Å². The lowest BCUT2D eigenvalue weighted by atomic mass is 10.8. The van der Waals surface area contributed by atoms with Crippen LogP contribution in [0.5, 0.6) is 0 Å². The standard InChI is InChI=1S/C4H9N3S/c1-8-4-6-2-5-3-7-4/h2,4,7H,3H2,1H3,(H,5,6). The highest BCUT2D eigenvalue weighted by molar-refractivity contribution is 7.99. The van der Waals surface area contributed by atoms with Crippen molar-refractivity contribution < 1.29 is 0 Å². The molecule has 1 rings (SSSR count). The van der Waals surface area contributed by atoms with E-state index >= 15 is 0 Å². The Morgan fingerprint density at radius 1 is 1.88 bits per heavy atom. The molecule has 0 aromatic carbocycles. The van der Waals surface area contributed by atoms with Crippen LogP contribution in [0.4, 0.5) is 0 Å². The fraction of sp³-hybridized carbons (Fsp3) is 0.750. The maximum Gasteiger partial charge on any atom is 0.127 e. The van der Waals surface area contributed by atoms with Gasteiger partial charge < -0.3 is 5.32 Å². The third kappa shape index (κ3) is 1.38. The number of aliphatic imine (C=N–C) groups is 1. The van der Waals surface area contributed by atoms with Crippen molar-refractivity contribution in [2.45, 2.75) is 5.50 Å². The molecule has 0 saturated heterocycles. The lowest BCUT2D eigenvalue weighted by Crippen LogP contribution is -2.42. The van der Waals surface area contributed by atoms with E-state index in [1.165, 1.54) is 0 Å². The molecule has 46 valence electrons. The van der Waals surface area contributed by atoms with Gasteiger partial charge in [0.1, 0.15) is 5.50 Å². The molecule has 1 heterocycles. The van der Waals surface area contributed by atoms with Crippen LogP contribution in [-0.4, -0.2) is 24.8 Å². The van der Waals surface area contributed by atoms with Crippen molar-refractivity contribution in [1.82, 2.24) is 10.6 Å². The first kappa shape index (κ1) is 5.91. The Morgan fingerprint density at radius 2 is 2.75 bits per heavy atom. The average Bonchev–Trinajstić information content (AvgIpc) is 1.90. The Bertz CT molecular complexity index is 93.3. The van der Waals surface area contributed by atoms with Gasteiger partial charge in [0, 0.05) is 0 Å². The normalized spacial score (nSPS) is 27.4. The van der Waals surface area contributed by atoms with Crippen molar-refractivity contribution in [2.75, 3.05) is 12.9 Å². The maximum absolute atomic E-state index is 3.91. The van der Waals surface area contributed by atoms with Gasteiger partial charge in [-0.15, -0.1) is 11.8 Å². The minimum atomic E-state index is 0.354. The molecule has 1 atom stereocenters. The predicted octanol–water partition coefficient (Wildman–Crippen LogP) is -0.188. The number of thioether (sulfide) groups is 1. The van der Waals surface area contributed by atoms with Gasteiger partial charge in [0.15, 0.2) is 0 Å². The lowest BCUT2D eigenvalue weighted by molar-refractivity contribution is 0.615. The van der Waals surface area contributed by atoms with Crippen molar-refractivity contribution in [2.24, 2.45) is 4.99 Å². The Labute approximate surface area is 52.9 Å². The van der Waals surface area contributed by atoms with E-state index in [0.29, 0.717) is 5.50 Å². The SMILES string of the molecule is CSC1NC=NCN1. The molecule has 0 aliphatic carbocycles. The van der Waals surface area contributed by atoms with E-state index in [1.54, 1.807) is 18.1 Å². The molecule has 0 spiro atoms. The summed E-state index contributed by atoms with van der Waals surface area (Å²) in [7, 11) is 0. The second kappa shape index (κ2) is 2.94. The first-order chi connectivity index (χ1) is 3.93. The Morgan fingerprint density at radius 3 is 3.12 bits per heavy atom. The Kier molecular flexibility index (Phi) is 2.17. The highest BCUT2D eigenvalue weighted by Gasteiger charge is 2.03. The number of nitrogens with zero attached hydrogens (tertiary/aromatic N) is 1. The maximum atomic E-state index is 3.91. The molecule has 4 heteroatoms. The number of rotatable bonds is 1. The van der Waals surface area contributed by atoms with Crippen molar-refractivity contribution in [3.05, 3.63) is 0 Å². The zero-order valence-corrected chi connectivity index (χ0v) is 5.53. The molecule has 0 amide bonds. The van der Waals surface area contributed by atoms with Crippen LogP contribution in [-0.2, 0) is 0 Å².